The maximum absolute atomic E-state index is 11.9. The molecule has 0 bridgehead atoms. The first-order chi connectivity index (χ1) is 12.3. The molecule has 1 unspecified atom stereocenters. The van der Waals surface area contributed by atoms with Gasteiger partial charge in [-0.05, 0) is 52.0 Å². The van der Waals surface area contributed by atoms with Gasteiger partial charge in [0.1, 0.15) is 28.8 Å². The van der Waals surface area contributed by atoms with E-state index in [0.29, 0.717) is 34.2 Å². The molecule has 136 valence electrons. The summed E-state index contributed by atoms with van der Waals surface area (Å²) in [5.74, 6) is 2.33. The molecule has 0 aliphatic heterocycles. The number of nitrogens with zero attached hydrogens (tertiary/aromatic N) is 2. The van der Waals surface area contributed by atoms with Crippen LogP contribution in [0.1, 0.15) is 29.7 Å². The highest BCUT2D eigenvalue weighted by molar-refractivity contribution is 5.56. The lowest BCUT2D eigenvalue weighted by atomic mass is 10.0. The highest BCUT2D eigenvalue weighted by Crippen LogP contribution is 2.23. The van der Waals surface area contributed by atoms with Gasteiger partial charge < -0.3 is 19.8 Å². The van der Waals surface area contributed by atoms with Gasteiger partial charge in [0.25, 0.3) is 5.56 Å². The maximum atomic E-state index is 11.9. The van der Waals surface area contributed by atoms with E-state index in [1.165, 1.54) is 0 Å². The molecule has 26 heavy (non-hydrogen) atoms. The van der Waals surface area contributed by atoms with Crippen molar-refractivity contribution < 1.29 is 9.52 Å². The fourth-order valence-electron chi connectivity index (χ4n) is 2.49. The van der Waals surface area contributed by atoms with E-state index in [1.807, 2.05) is 19.1 Å². The number of aryl methyl sites for hydroxylation is 2. The Morgan fingerprint density at radius 3 is 2.58 bits per heavy atom. The molecule has 0 aromatic carbocycles. The van der Waals surface area contributed by atoms with Gasteiger partial charge in [-0.2, -0.15) is 0 Å². The predicted molar refractivity (Wildman–Crippen MR) is 99.1 cm³/mol. The van der Waals surface area contributed by atoms with Crippen molar-refractivity contribution in [3.05, 3.63) is 63.6 Å². The first kappa shape index (κ1) is 17.9. The fourth-order valence-corrected chi connectivity index (χ4v) is 2.49. The summed E-state index contributed by atoms with van der Waals surface area (Å²) in [6, 6.07) is 7.16. The molecule has 3 N–H and O–H groups in total. The van der Waals surface area contributed by atoms with Crippen molar-refractivity contribution in [3.8, 4) is 11.4 Å². The minimum atomic E-state index is -1.16. The molecule has 0 aliphatic carbocycles. The fraction of sp³-hybridized carbons (Fsp3) is 0.316. The summed E-state index contributed by atoms with van der Waals surface area (Å²) < 4.78 is 5.49. The lowest BCUT2D eigenvalue weighted by molar-refractivity contribution is 0.0467. The maximum Gasteiger partial charge on any atom is 0.254 e. The molecule has 3 aromatic rings. The van der Waals surface area contributed by atoms with Gasteiger partial charge in [-0.15, -0.1) is 0 Å². The summed E-state index contributed by atoms with van der Waals surface area (Å²) in [6.07, 6.45) is 1.63. The van der Waals surface area contributed by atoms with Crippen LogP contribution in [0, 0.1) is 20.8 Å². The molecule has 7 nitrogen and oxygen atoms in total. The van der Waals surface area contributed by atoms with Crippen LogP contribution in [0.4, 0.5) is 5.82 Å². The molecule has 0 radical (unpaired) electrons. The van der Waals surface area contributed by atoms with Crippen LogP contribution in [0.15, 0.2) is 39.7 Å². The van der Waals surface area contributed by atoms with Crippen LogP contribution in [-0.4, -0.2) is 26.6 Å². The highest BCUT2D eigenvalue weighted by atomic mass is 16.4. The number of nitrogens with one attached hydrogen (secondary N) is 2. The molecule has 1 atom stereocenters. The van der Waals surface area contributed by atoms with Gasteiger partial charge in [-0.3, -0.25) is 4.79 Å². The molecule has 0 saturated carbocycles. The Balaban J connectivity index is 1.73. The lowest BCUT2D eigenvalue weighted by Crippen LogP contribution is -2.30. The second kappa shape index (κ2) is 6.76. The van der Waals surface area contributed by atoms with Gasteiger partial charge in [0.05, 0.1) is 6.54 Å². The monoisotopic (exact) mass is 354 g/mol. The second-order valence-corrected chi connectivity index (χ2v) is 6.59. The first-order valence-electron chi connectivity index (χ1n) is 8.33. The van der Waals surface area contributed by atoms with Crippen LogP contribution >= 0.6 is 0 Å². The number of pyridine rings is 1. The molecule has 0 amide bonds. The summed E-state index contributed by atoms with van der Waals surface area (Å²) >= 11 is 0. The minimum Gasteiger partial charge on any atom is -0.463 e. The van der Waals surface area contributed by atoms with Crippen molar-refractivity contribution in [2.75, 3.05) is 11.9 Å². The number of aromatic amines is 1. The number of hydrogen-bond donors (Lipinski definition) is 3. The van der Waals surface area contributed by atoms with Crippen molar-refractivity contribution >= 4 is 5.82 Å². The molecule has 0 spiro atoms. The van der Waals surface area contributed by atoms with E-state index >= 15 is 0 Å². The predicted octanol–water partition coefficient (Wildman–Crippen LogP) is 2.67. The zero-order chi connectivity index (χ0) is 18.9. The van der Waals surface area contributed by atoms with Gasteiger partial charge in [0.15, 0.2) is 0 Å². The van der Waals surface area contributed by atoms with Gasteiger partial charge in [-0.1, -0.05) is 0 Å². The zero-order valence-corrected chi connectivity index (χ0v) is 15.3. The quantitative estimate of drug-likeness (QED) is 0.651. The average molecular weight is 354 g/mol. The summed E-state index contributed by atoms with van der Waals surface area (Å²) in [5, 5.41) is 13.6. The molecule has 7 heteroatoms. The van der Waals surface area contributed by atoms with Gasteiger partial charge in [0, 0.05) is 23.0 Å². The van der Waals surface area contributed by atoms with Gasteiger partial charge in [0.2, 0.25) is 0 Å². The Morgan fingerprint density at radius 1 is 1.23 bits per heavy atom. The van der Waals surface area contributed by atoms with E-state index in [4.69, 9.17) is 4.42 Å². The molecule has 3 heterocycles. The third-order valence-electron chi connectivity index (χ3n) is 4.32. The summed E-state index contributed by atoms with van der Waals surface area (Å²) in [7, 11) is 0. The Morgan fingerprint density at radius 2 is 2.00 bits per heavy atom. The SMILES string of the molecule is Cc1ccc(C(C)(O)CNc2ccc(-c3nc(C)c(C)c(=O)[nH]3)cn2)o1. The molecule has 3 aromatic heterocycles. The first-order valence-corrected chi connectivity index (χ1v) is 8.33. The van der Waals surface area contributed by atoms with Crippen LogP contribution in [-0.2, 0) is 5.60 Å². The minimum absolute atomic E-state index is 0.153. The number of rotatable bonds is 5. The van der Waals surface area contributed by atoms with E-state index in [0.717, 1.165) is 5.76 Å². The third kappa shape index (κ3) is 3.67. The van der Waals surface area contributed by atoms with E-state index < -0.39 is 5.60 Å². The van der Waals surface area contributed by atoms with Gasteiger partial charge in [-0.25, -0.2) is 9.97 Å². The summed E-state index contributed by atoms with van der Waals surface area (Å²) in [5.41, 5.74) is 0.699. The van der Waals surface area contributed by atoms with Crippen LogP contribution in [0.3, 0.4) is 0 Å². The van der Waals surface area contributed by atoms with Gasteiger partial charge >= 0.3 is 0 Å². The number of aromatic nitrogens is 3. The Bertz CT molecular complexity index is 971. The van der Waals surface area contributed by atoms with Crippen molar-refractivity contribution in [1.82, 2.24) is 15.0 Å². The lowest BCUT2D eigenvalue weighted by Gasteiger charge is -2.21. The standard InChI is InChI=1S/C19H22N4O3/c1-11-5-7-15(26-11)19(4,25)10-21-16-8-6-14(9-20-16)17-22-13(3)12(2)18(24)23-17/h5-9,25H,10H2,1-4H3,(H,20,21)(H,22,23,24). The van der Waals surface area contributed by atoms with Crippen molar-refractivity contribution in [1.29, 1.82) is 0 Å². The number of aliphatic hydroxyl groups is 1. The van der Waals surface area contributed by atoms with Crippen molar-refractivity contribution in [2.24, 2.45) is 0 Å². The number of H-pyrrole nitrogens is 1. The molecule has 0 fully saturated rings. The van der Waals surface area contributed by atoms with Crippen molar-refractivity contribution in [3.63, 3.8) is 0 Å². The summed E-state index contributed by atoms with van der Waals surface area (Å²) in [6.45, 7) is 7.29. The number of furan rings is 1. The molecular formula is C19H22N4O3. The van der Waals surface area contributed by atoms with E-state index in [1.54, 1.807) is 39.1 Å². The smallest absolute Gasteiger partial charge is 0.254 e. The topological polar surface area (TPSA) is 104 Å². The van der Waals surface area contributed by atoms with Crippen LogP contribution in [0.5, 0.6) is 0 Å². The van der Waals surface area contributed by atoms with Crippen LogP contribution < -0.4 is 10.9 Å². The summed E-state index contributed by atoms with van der Waals surface area (Å²) in [4.78, 5) is 23.4. The normalized spacial score (nSPS) is 13.4. The molecular weight excluding hydrogens is 332 g/mol. The largest absolute Gasteiger partial charge is 0.463 e. The Labute approximate surface area is 151 Å². The molecule has 0 aliphatic rings. The number of hydrogen-bond acceptors (Lipinski definition) is 6. The number of anilines is 1. The highest BCUT2D eigenvalue weighted by Gasteiger charge is 2.26. The second-order valence-electron chi connectivity index (χ2n) is 6.59. The van der Waals surface area contributed by atoms with E-state index in [9.17, 15) is 9.90 Å². The zero-order valence-electron chi connectivity index (χ0n) is 15.3. The third-order valence-corrected chi connectivity index (χ3v) is 4.32. The molecule has 3 rings (SSSR count). The Kier molecular flexibility index (Phi) is 4.65. The van der Waals surface area contributed by atoms with Crippen LogP contribution in [0.2, 0.25) is 0 Å². The van der Waals surface area contributed by atoms with E-state index in [2.05, 4.69) is 20.3 Å². The molecule has 0 saturated heterocycles. The average Bonchev–Trinajstić information content (AvgIpc) is 3.05. The van der Waals surface area contributed by atoms with E-state index in [-0.39, 0.29) is 12.1 Å². The Hall–Kier alpha value is -2.93. The van der Waals surface area contributed by atoms with Crippen molar-refractivity contribution in [2.45, 2.75) is 33.3 Å². The van der Waals surface area contributed by atoms with Crippen LogP contribution in [0.25, 0.3) is 11.4 Å².